The van der Waals surface area contributed by atoms with Crippen LogP contribution in [-0.2, 0) is 19.2 Å². The Kier molecular flexibility index (Phi) is 7.41. The van der Waals surface area contributed by atoms with Gasteiger partial charge in [0.25, 0.3) is 0 Å². The fourth-order valence-electron chi connectivity index (χ4n) is 5.60. The molecule has 4 aliphatic heterocycles. The summed E-state index contributed by atoms with van der Waals surface area (Å²) >= 11 is 1.39. The summed E-state index contributed by atoms with van der Waals surface area (Å²) in [4.78, 5) is 53.3. The Labute approximate surface area is 207 Å². The zero-order valence-electron chi connectivity index (χ0n) is 20.0. The summed E-state index contributed by atoms with van der Waals surface area (Å²) in [5.41, 5.74) is 5.69. The van der Waals surface area contributed by atoms with E-state index in [-0.39, 0.29) is 60.3 Å². The van der Waals surface area contributed by atoms with Gasteiger partial charge in [0.2, 0.25) is 17.7 Å². The molecule has 4 heterocycles. The van der Waals surface area contributed by atoms with Crippen molar-refractivity contribution < 1.29 is 28.7 Å². The molecule has 0 aromatic rings. The summed E-state index contributed by atoms with van der Waals surface area (Å²) in [6.07, 6.45) is -0.762. The van der Waals surface area contributed by atoms with Crippen molar-refractivity contribution in [1.29, 1.82) is 0 Å². The van der Waals surface area contributed by atoms with Crippen molar-refractivity contribution in [3.63, 3.8) is 0 Å². The third-order valence-corrected chi connectivity index (χ3v) is 8.85. The number of nitrogens with two attached hydrogens (primary N) is 1. The molecule has 35 heavy (non-hydrogen) atoms. The monoisotopic (exact) mass is 512 g/mol. The van der Waals surface area contributed by atoms with Gasteiger partial charge in [0.1, 0.15) is 11.9 Å². The number of carboxylic acid groups (broad SMARTS) is 1. The van der Waals surface area contributed by atoms with Gasteiger partial charge in [-0.25, -0.2) is 9.18 Å². The van der Waals surface area contributed by atoms with Crippen LogP contribution in [0.4, 0.5) is 4.39 Å². The normalized spacial score (nSPS) is 35.2. The number of likely N-dealkylation sites (tertiary alicyclic amines) is 1. The Morgan fingerprint density at radius 3 is 2.66 bits per heavy atom. The van der Waals surface area contributed by atoms with Crippen LogP contribution in [0.2, 0.25) is 0 Å². The van der Waals surface area contributed by atoms with Crippen LogP contribution in [-0.4, -0.2) is 107 Å². The Morgan fingerprint density at radius 1 is 1.34 bits per heavy atom. The lowest BCUT2D eigenvalue weighted by Crippen LogP contribution is -2.66. The van der Waals surface area contributed by atoms with Crippen LogP contribution in [0.1, 0.15) is 20.3 Å². The number of thioether (sulfide) groups is 1. The fourth-order valence-corrected chi connectivity index (χ4v) is 7.08. The van der Waals surface area contributed by atoms with Crippen molar-refractivity contribution in [3.8, 4) is 0 Å². The first-order valence-electron chi connectivity index (χ1n) is 11.9. The molecule has 3 saturated heterocycles. The second-order valence-corrected chi connectivity index (χ2v) is 11.1. The van der Waals surface area contributed by atoms with Crippen LogP contribution in [0.3, 0.4) is 0 Å². The molecule has 0 aliphatic carbocycles. The Hall–Kier alpha value is -2.22. The lowest BCUT2D eigenvalue weighted by Gasteiger charge is -2.47. The van der Waals surface area contributed by atoms with Gasteiger partial charge in [-0.1, -0.05) is 6.92 Å². The van der Waals surface area contributed by atoms with Gasteiger partial charge >= 0.3 is 5.97 Å². The number of alkyl halides is 1. The molecule has 194 valence electrons. The predicted octanol–water partition coefficient (Wildman–Crippen LogP) is -1.55. The number of carboxylic acids is 1. The number of β-lactam (4-membered cyclic amide) rings is 1. The van der Waals surface area contributed by atoms with Gasteiger partial charge in [-0.2, -0.15) is 0 Å². The first-order chi connectivity index (χ1) is 16.5. The minimum Gasteiger partial charge on any atom is -0.477 e. The highest BCUT2D eigenvalue weighted by atomic mass is 32.2. The van der Waals surface area contributed by atoms with Crippen molar-refractivity contribution in [2.24, 2.45) is 17.6 Å². The molecule has 4 aliphatic rings. The smallest absolute Gasteiger partial charge is 0.353 e. The molecule has 11 nitrogen and oxygen atoms in total. The van der Waals surface area contributed by atoms with E-state index in [1.807, 2.05) is 6.92 Å². The van der Waals surface area contributed by atoms with Crippen molar-refractivity contribution in [1.82, 2.24) is 25.8 Å². The number of carbonyl (C=O) groups is 4. The second kappa shape index (κ2) is 10.0. The number of hydrogen-bond acceptors (Lipinski definition) is 8. The molecule has 8 atom stereocenters. The molecule has 6 N–H and O–H groups in total. The molecule has 0 bridgehead atoms. The van der Waals surface area contributed by atoms with E-state index in [1.54, 1.807) is 14.0 Å². The van der Waals surface area contributed by atoms with Crippen molar-refractivity contribution in [2.75, 3.05) is 33.2 Å². The standard InChI is InChI=1S/C22H33FN6O5S/c1-9-17-16(10(2)27-15(30)6-25-3)21(32)29(17)18(22(33)34)19(9)35-11-4-14(26-5-11)20(31)28-7-12(23)13(24)8-28/h9-14,16-17,25-26H,4-8,24H2,1-3H3,(H,27,30)(H,33,34)/t9-,10?,11+,12+,13+,14+,16-,17-/m1/s1. The molecular formula is C22H33FN6O5S. The maximum atomic E-state index is 13.8. The number of halogens is 1. The SMILES string of the molecule is CNCC(=O)NC(C)[C@H]1C(=O)N2C(C(=O)O)=C(S[C@@H]3CN[C@H](C(=O)N4C[C@H](N)[C@@H](F)C4)C3)[C@H](C)[C@H]12. The van der Waals surface area contributed by atoms with Crippen LogP contribution in [0.25, 0.3) is 0 Å². The van der Waals surface area contributed by atoms with Gasteiger partial charge in [-0.05, 0) is 20.4 Å². The largest absolute Gasteiger partial charge is 0.477 e. The molecule has 13 heteroatoms. The van der Waals surface area contributed by atoms with Gasteiger partial charge in [-0.3, -0.25) is 14.4 Å². The highest BCUT2D eigenvalue weighted by Crippen LogP contribution is 2.51. The number of fused-ring (bicyclic) bond motifs is 1. The number of nitrogens with zero attached hydrogens (tertiary/aromatic N) is 2. The average Bonchev–Trinajstić information content (AvgIpc) is 3.45. The van der Waals surface area contributed by atoms with Crippen molar-refractivity contribution >= 4 is 35.5 Å². The van der Waals surface area contributed by atoms with E-state index < -0.39 is 36.2 Å². The van der Waals surface area contributed by atoms with E-state index in [2.05, 4.69) is 16.0 Å². The Morgan fingerprint density at radius 2 is 2.06 bits per heavy atom. The molecule has 4 rings (SSSR count). The first-order valence-corrected chi connectivity index (χ1v) is 12.8. The van der Waals surface area contributed by atoms with Crippen LogP contribution >= 0.6 is 11.8 Å². The van der Waals surface area contributed by atoms with Crippen LogP contribution in [0.15, 0.2) is 10.6 Å². The number of hydrogen-bond donors (Lipinski definition) is 5. The summed E-state index contributed by atoms with van der Waals surface area (Å²) in [7, 11) is 1.65. The summed E-state index contributed by atoms with van der Waals surface area (Å²) < 4.78 is 13.8. The number of amides is 3. The molecule has 0 radical (unpaired) electrons. The van der Waals surface area contributed by atoms with E-state index in [0.717, 1.165) is 0 Å². The quantitative estimate of drug-likeness (QED) is 0.243. The zero-order chi connectivity index (χ0) is 25.6. The number of rotatable bonds is 8. The third-order valence-electron chi connectivity index (χ3n) is 7.34. The zero-order valence-corrected chi connectivity index (χ0v) is 20.8. The number of carbonyl (C=O) groups excluding carboxylic acids is 3. The van der Waals surface area contributed by atoms with Crippen LogP contribution < -0.4 is 21.7 Å². The lowest BCUT2D eigenvalue weighted by atomic mass is 9.78. The second-order valence-electron chi connectivity index (χ2n) is 9.78. The summed E-state index contributed by atoms with van der Waals surface area (Å²) in [5.74, 6) is -2.64. The lowest BCUT2D eigenvalue weighted by molar-refractivity contribution is -0.158. The fraction of sp³-hybridized carbons (Fsp3) is 0.727. The molecule has 3 amide bonds. The maximum Gasteiger partial charge on any atom is 0.353 e. The van der Waals surface area contributed by atoms with E-state index in [0.29, 0.717) is 17.9 Å². The first kappa shape index (κ1) is 25.9. The predicted molar refractivity (Wildman–Crippen MR) is 127 cm³/mol. The molecule has 3 fully saturated rings. The van der Waals surface area contributed by atoms with Gasteiger partial charge < -0.3 is 36.6 Å². The van der Waals surface area contributed by atoms with E-state index in [4.69, 9.17) is 5.73 Å². The van der Waals surface area contributed by atoms with Crippen LogP contribution in [0.5, 0.6) is 0 Å². The maximum absolute atomic E-state index is 13.8. The Balaban J connectivity index is 1.43. The molecule has 0 saturated carbocycles. The summed E-state index contributed by atoms with van der Waals surface area (Å²) in [6, 6.07) is -1.94. The molecule has 0 aromatic carbocycles. The Bertz CT molecular complexity index is 939. The van der Waals surface area contributed by atoms with Crippen molar-refractivity contribution in [2.45, 2.75) is 55.9 Å². The summed E-state index contributed by atoms with van der Waals surface area (Å²) in [5, 5.41) is 18.6. The summed E-state index contributed by atoms with van der Waals surface area (Å²) in [6.45, 7) is 4.44. The van der Waals surface area contributed by atoms with Gasteiger partial charge in [0.05, 0.1) is 37.1 Å². The highest BCUT2D eigenvalue weighted by Gasteiger charge is 2.60. The highest BCUT2D eigenvalue weighted by molar-refractivity contribution is 8.03. The average molecular weight is 513 g/mol. The van der Waals surface area contributed by atoms with E-state index >= 15 is 0 Å². The van der Waals surface area contributed by atoms with Gasteiger partial charge in [0.15, 0.2) is 0 Å². The van der Waals surface area contributed by atoms with Gasteiger partial charge in [0, 0.05) is 35.2 Å². The molecule has 1 unspecified atom stereocenters. The number of likely N-dealkylation sites (N-methyl/N-ethyl adjacent to an activating group) is 1. The van der Waals surface area contributed by atoms with Crippen LogP contribution in [0, 0.1) is 11.8 Å². The minimum absolute atomic E-state index is 0.00940. The molecule has 0 aromatic heterocycles. The number of nitrogens with one attached hydrogen (secondary N) is 3. The topological polar surface area (TPSA) is 157 Å². The number of aliphatic carboxylic acids is 1. The van der Waals surface area contributed by atoms with E-state index in [1.165, 1.54) is 21.6 Å². The van der Waals surface area contributed by atoms with Gasteiger partial charge in [-0.15, -0.1) is 11.8 Å². The van der Waals surface area contributed by atoms with E-state index in [9.17, 15) is 28.7 Å². The van der Waals surface area contributed by atoms with Crippen molar-refractivity contribution in [3.05, 3.63) is 10.6 Å². The molecule has 0 spiro atoms. The molecular weight excluding hydrogens is 479 g/mol. The minimum atomic E-state index is -1.23. The third kappa shape index (κ3) is 4.66.